The third-order valence-electron chi connectivity index (χ3n) is 4.52. The summed E-state index contributed by atoms with van der Waals surface area (Å²) in [5.74, 6) is 0.284. The third-order valence-corrected chi connectivity index (χ3v) is 7.02. The van der Waals surface area contributed by atoms with Gasteiger partial charge in [-0.15, -0.1) is 0 Å². The molecule has 2 aromatic rings. The van der Waals surface area contributed by atoms with Crippen LogP contribution in [-0.4, -0.2) is 37.2 Å². The first kappa shape index (κ1) is 17.7. The van der Waals surface area contributed by atoms with Crippen molar-refractivity contribution in [3.63, 3.8) is 0 Å². The van der Waals surface area contributed by atoms with Gasteiger partial charge in [-0.2, -0.15) is 0 Å². The van der Waals surface area contributed by atoms with E-state index in [1.54, 1.807) is 13.0 Å². The minimum atomic E-state index is -0.908. The first-order valence-corrected chi connectivity index (χ1v) is 10.1. The number of carbonyl (C=O) groups is 1. The molecular weight excluding hydrogens is 383 g/mol. The standard InChI is InChI=1S/C19H20N2O3Se/c1-12-17(19(22)23)25-18(21-12)14-8-9-16(15(10-14)20-2)24-11-13-6-4-3-5-7-13/h8-10,13H,3-7,11H2,1H3,(H,22,23). The average Bonchev–Trinajstić information content (AvgIpc) is 3.02. The Morgan fingerprint density at radius 3 is 2.80 bits per heavy atom. The predicted octanol–water partition coefficient (Wildman–Crippen LogP) is 4.32. The topological polar surface area (TPSA) is 63.8 Å². The first-order valence-electron chi connectivity index (χ1n) is 8.44. The van der Waals surface area contributed by atoms with E-state index in [0.717, 1.165) is 10.1 Å². The Morgan fingerprint density at radius 1 is 1.40 bits per heavy atom. The van der Waals surface area contributed by atoms with Gasteiger partial charge < -0.3 is 0 Å². The van der Waals surface area contributed by atoms with E-state index in [4.69, 9.17) is 11.3 Å². The Kier molecular flexibility index (Phi) is 5.57. The molecule has 6 heteroatoms. The van der Waals surface area contributed by atoms with Gasteiger partial charge in [0, 0.05) is 0 Å². The summed E-state index contributed by atoms with van der Waals surface area (Å²) in [6.07, 6.45) is 6.25. The monoisotopic (exact) mass is 404 g/mol. The number of carboxylic acid groups (broad SMARTS) is 1. The van der Waals surface area contributed by atoms with Gasteiger partial charge in [0.05, 0.1) is 0 Å². The van der Waals surface area contributed by atoms with Crippen LogP contribution in [0.15, 0.2) is 18.2 Å². The molecule has 0 atom stereocenters. The van der Waals surface area contributed by atoms with Gasteiger partial charge in [0.1, 0.15) is 0 Å². The second-order valence-electron chi connectivity index (χ2n) is 6.35. The predicted molar refractivity (Wildman–Crippen MR) is 96.6 cm³/mol. The molecule has 1 aromatic carbocycles. The van der Waals surface area contributed by atoms with Crippen molar-refractivity contribution in [3.8, 4) is 15.9 Å². The molecule has 0 bridgehead atoms. The van der Waals surface area contributed by atoms with E-state index in [2.05, 4.69) is 9.83 Å². The van der Waals surface area contributed by atoms with Gasteiger partial charge in [0.15, 0.2) is 0 Å². The summed E-state index contributed by atoms with van der Waals surface area (Å²) in [5, 5.41) is 9.20. The molecule has 1 aromatic heterocycles. The van der Waals surface area contributed by atoms with Crippen molar-refractivity contribution in [3.05, 3.63) is 39.7 Å². The van der Waals surface area contributed by atoms with Crippen LogP contribution in [0, 0.1) is 19.4 Å². The molecule has 1 aliphatic carbocycles. The fraction of sp³-hybridized carbons (Fsp3) is 0.421. The number of hydrogen-bond donors (Lipinski definition) is 1. The van der Waals surface area contributed by atoms with E-state index in [9.17, 15) is 9.90 Å². The fourth-order valence-corrected chi connectivity index (χ4v) is 5.03. The molecule has 1 fully saturated rings. The second-order valence-corrected chi connectivity index (χ2v) is 8.44. The molecule has 0 saturated heterocycles. The Labute approximate surface area is 153 Å². The van der Waals surface area contributed by atoms with Gasteiger partial charge in [0.2, 0.25) is 0 Å². The molecule has 0 radical (unpaired) electrons. The van der Waals surface area contributed by atoms with Crippen LogP contribution in [0.25, 0.3) is 15.0 Å². The molecule has 1 saturated carbocycles. The van der Waals surface area contributed by atoms with Gasteiger partial charge in [-0.3, -0.25) is 0 Å². The van der Waals surface area contributed by atoms with E-state index in [0.29, 0.717) is 34.1 Å². The van der Waals surface area contributed by atoms with Crippen molar-refractivity contribution in [1.82, 2.24) is 4.98 Å². The summed E-state index contributed by atoms with van der Waals surface area (Å²) in [7, 11) is 0. The van der Waals surface area contributed by atoms with Crippen molar-refractivity contribution in [1.29, 1.82) is 0 Å². The summed E-state index contributed by atoms with van der Waals surface area (Å²) in [5.41, 5.74) is 1.84. The number of rotatable bonds is 5. The van der Waals surface area contributed by atoms with Crippen molar-refractivity contribution in [2.24, 2.45) is 5.92 Å². The number of hydrogen-bond acceptors (Lipinski definition) is 3. The molecule has 1 N–H and O–H groups in total. The molecule has 3 rings (SSSR count). The molecule has 25 heavy (non-hydrogen) atoms. The number of aryl methyl sites for hydroxylation is 1. The summed E-state index contributed by atoms with van der Waals surface area (Å²) >= 11 is -0.334. The van der Waals surface area contributed by atoms with Crippen LogP contribution in [0.5, 0.6) is 5.75 Å². The van der Waals surface area contributed by atoms with Crippen molar-refractivity contribution >= 4 is 26.2 Å². The molecule has 1 heterocycles. The van der Waals surface area contributed by atoms with Gasteiger partial charge in [0.25, 0.3) is 0 Å². The number of nitrogens with zero attached hydrogens (tertiary/aromatic N) is 2. The Morgan fingerprint density at radius 2 is 2.16 bits per heavy atom. The minimum absolute atomic E-state index is 0.334. The molecule has 1 aliphatic rings. The fourth-order valence-electron chi connectivity index (χ4n) is 3.14. The van der Waals surface area contributed by atoms with Crippen molar-refractivity contribution < 1.29 is 14.6 Å². The molecule has 0 spiro atoms. The van der Waals surface area contributed by atoms with Crippen LogP contribution in [0.1, 0.15) is 47.0 Å². The van der Waals surface area contributed by atoms with Crippen LogP contribution >= 0.6 is 0 Å². The molecule has 0 amide bonds. The maximum atomic E-state index is 11.2. The SMILES string of the molecule is [C-]#[N+]c1cc(-c2nc(C)c(C(=O)O)[se]2)ccc1OCC1CCCCC1. The third kappa shape index (κ3) is 4.12. The Balaban J connectivity index is 1.78. The van der Waals surface area contributed by atoms with E-state index in [1.807, 2.05) is 12.1 Å². The van der Waals surface area contributed by atoms with E-state index in [-0.39, 0.29) is 14.5 Å². The average molecular weight is 403 g/mol. The molecule has 0 aliphatic heterocycles. The number of aromatic carboxylic acids is 1. The summed E-state index contributed by atoms with van der Waals surface area (Å²) in [6.45, 7) is 9.81. The van der Waals surface area contributed by atoms with Gasteiger partial charge in [-0.05, 0) is 0 Å². The number of benzene rings is 1. The van der Waals surface area contributed by atoms with Gasteiger partial charge in [-0.25, -0.2) is 0 Å². The van der Waals surface area contributed by atoms with Crippen molar-refractivity contribution in [2.45, 2.75) is 39.0 Å². The second kappa shape index (κ2) is 7.86. The van der Waals surface area contributed by atoms with Crippen LogP contribution in [0.4, 0.5) is 5.69 Å². The zero-order valence-corrected chi connectivity index (χ0v) is 15.8. The molecular formula is C19H20N2O3Se. The van der Waals surface area contributed by atoms with Crippen LogP contribution < -0.4 is 4.74 Å². The number of aromatic nitrogens is 1. The van der Waals surface area contributed by atoms with Gasteiger partial charge >= 0.3 is 153 Å². The van der Waals surface area contributed by atoms with Gasteiger partial charge in [-0.1, -0.05) is 0 Å². The number of carboxylic acids is 1. The zero-order valence-electron chi connectivity index (χ0n) is 14.1. The normalized spacial score (nSPS) is 14.9. The Hall–Kier alpha value is -2.09. The van der Waals surface area contributed by atoms with Crippen LogP contribution in [-0.2, 0) is 0 Å². The summed E-state index contributed by atoms with van der Waals surface area (Å²) < 4.78 is 7.05. The first-order chi connectivity index (χ1) is 12.1. The maximum absolute atomic E-state index is 11.2. The van der Waals surface area contributed by atoms with E-state index < -0.39 is 5.97 Å². The Bertz CT molecular complexity index is 817. The van der Waals surface area contributed by atoms with E-state index >= 15 is 0 Å². The van der Waals surface area contributed by atoms with Crippen LogP contribution in [0.3, 0.4) is 0 Å². The molecule has 5 nitrogen and oxygen atoms in total. The van der Waals surface area contributed by atoms with Crippen molar-refractivity contribution in [2.75, 3.05) is 6.61 Å². The summed E-state index contributed by atoms with van der Waals surface area (Å²) in [6, 6.07) is 5.46. The number of ether oxygens (including phenoxy) is 1. The van der Waals surface area contributed by atoms with Crippen LogP contribution in [0.2, 0.25) is 0 Å². The zero-order chi connectivity index (χ0) is 17.8. The van der Waals surface area contributed by atoms with E-state index in [1.165, 1.54) is 32.1 Å². The molecule has 0 unspecified atom stereocenters. The summed E-state index contributed by atoms with van der Waals surface area (Å²) in [4.78, 5) is 19.2. The quantitative estimate of drug-likeness (QED) is 0.597. The molecule has 130 valence electrons.